The van der Waals surface area contributed by atoms with Crippen LogP contribution >= 0.6 is 0 Å². The Morgan fingerprint density at radius 1 is 1.10 bits per heavy atom. The van der Waals surface area contributed by atoms with Crippen molar-refractivity contribution in [3.8, 4) is 22.8 Å². The number of carbonyl (C=O) groups excluding carboxylic acids is 1. The summed E-state index contributed by atoms with van der Waals surface area (Å²) in [5, 5.41) is 7.72. The van der Waals surface area contributed by atoms with Crippen LogP contribution in [0.1, 0.15) is 42.6 Å². The third-order valence-electron chi connectivity index (χ3n) is 6.55. The zero-order valence-electron chi connectivity index (χ0n) is 18.2. The van der Waals surface area contributed by atoms with Crippen LogP contribution in [0.2, 0.25) is 0 Å². The molecule has 4 rings (SSSR count). The van der Waals surface area contributed by atoms with E-state index in [9.17, 15) is 4.79 Å². The lowest BCUT2D eigenvalue weighted by atomic mass is 9.83. The number of nitrogens with zero attached hydrogens (tertiary/aromatic N) is 3. The summed E-state index contributed by atoms with van der Waals surface area (Å²) in [7, 11) is 5.03. The lowest BCUT2D eigenvalue weighted by Gasteiger charge is -2.44. The lowest BCUT2D eigenvalue weighted by Crippen LogP contribution is -2.51. The molecule has 3 heterocycles. The maximum atomic E-state index is 12.9. The van der Waals surface area contributed by atoms with E-state index >= 15 is 0 Å². The van der Waals surface area contributed by atoms with Gasteiger partial charge in [0.15, 0.2) is 11.5 Å². The molecule has 0 saturated carbocycles. The van der Waals surface area contributed by atoms with Gasteiger partial charge in [-0.2, -0.15) is 5.10 Å². The van der Waals surface area contributed by atoms with Crippen molar-refractivity contribution in [3.63, 3.8) is 0 Å². The summed E-state index contributed by atoms with van der Waals surface area (Å²) in [5.41, 5.74) is 2.18. The second kappa shape index (κ2) is 9.08. The highest BCUT2D eigenvalue weighted by molar-refractivity contribution is 5.93. The number of amides is 1. The first kappa shape index (κ1) is 20.7. The Morgan fingerprint density at radius 2 is 1.90 bits per heavy atom. The largest absolute Gasteiger partial charge is 0.493 e. The maximum absolute atomic E-state index is 12.9. The number of aromatic nitrogens is 2. The minimum atomic E-state index is -0.0651. The molecule has 7 heteroatoms. The average molecular weight is 413 g/mol. The van der Waals surface area contributed by atoms with E-state index in [1.54, 1.807) is 18.9 Å². The number of methoxy groups -OCH3 is 2. The molecule has 0 bridgehead atoms. The van der Waals surface area contributed by atoms with E-state index in [2.05, 4.69) is 15.3 Å². The lowest BCUT2D eigenvalue weighted by molar-refractivity contribution is 0.0574. The Bertz CT molecular complexity index is 893. The first-order valence-electron chi connectivity index (χ1n) is 10.9. The van der Waals surface area contributed by atoms with E-state index in [4.69, 9.17) is 9.47 Å². The van der Waals surface area contributed by atoms with Crippen LogP contribution < -0.4 is 14.8 Å². The quantitative estimate of drug-likeness (QED) is 0.790. The van der Waals surface area contributed by atoms with Crippen molar-refractivity contribution >= 4 is 5.91 Å². The van der Waals surface area contributed by atoms with Crippen molar-refractivity contribution in [1.82, 2.24) is 20.0 Å². The molecule has 1 aromatic carbocycles. The molecule has 2 saturated heterocycles. The third kappa shape index (κ3) is 4.17. The molecule has 0 aliphatic carbocycles. The molecule has 2 atom stereocenters. The molecule has 30 heavy (non-hydrogen) atoms. The SMILES string of the molecule is COc1ccc(-c2cc(C(=O)NC[C@@H]3CCCN4CCCC[C@H]34)n(C)n2)cc1OC. The predicted octanol–water partition coefficient (Wildman–Crippen LogP) is 3.10. The maximum Gasteiger partial charge on any atom is 0.269 e. The van der Waals surface area contributed by atoms with Crippen LogP contribution in [0.4, 0.5) is 0 Å². The molecular weight excluding hydrogens is 380 g/mol. The summed E-state index contributed by atoms with van der Waals surface area (Å²) in [4.78, 5) is 15.5. The summed E-state index contributed by atoms with van der Waals surface area (Å²) < 4.78 is 12.3. The smallest absolute Gasteiger partial charge is 0.269 e. The number of carbonyl (C=O) groups is 1. The van der Waals surface area contributed by atoms with Crippen molar-refractivity contribution < 1.29 is 14.3 Å². The van der Waals surface area contributed by atoms with Gasteiger partial charge in [0.1, 0.15) is 5.69 Å². The van der Waals surface area contributed by atoms with Crippen LogP contribution in [0.5, 0.6) is 11.5 Å². The summed E-state index contributed by atoms with van der Waals surface area (Å²) in [6, 6.07) is 8.11. The number of ether oxygens (including phenoxy) is 2. The van der Waals surface area contributed by atoms with Gasteiger partial charge < -0.3 is 19.7 Å². The Morgan fingerprint density at radius 3 is 2.70 bits per heavy atom. The van der Waals surface area contributed by atoms with Gasteiger partial charge in [0, 0.05) is 25.2 Å². The van der Waals surface area contributed by atoms with Crippen LogP contribution in [0.15, 0.2) is 24.3 Å². The van der Waals surface area contributed by atoms with Crippen molar-refractivity contribution in [1.29, 1.82) is 0 Å². The molecule has 2 aliphatic rings. The normalized spacial score (nSPS) is 21.7. The van der Waals surface area contributed by atoms with E-state index in [0.29, 0.717) is 29.2 Å². The van der Waals surface area contributed by atoms with Gasteiger partial charge >= 0.3 is 0 Å². The highest BCUT2D eigenvalue weighted by Gasteiger charge is 2.33. The third-order valence-corrected chi connectivity index (χ3v) is 6.55. The minimum Gasteiger partial charge on any atom is -0.493 e. The summed E-state index contributed by atoms with van der Waals surface area (Å²) >= 11 is 0. The molecule has 1 aromatic heterocycles. The number of piperidine rings is 2. The van der Waals surface area contributed by atoms with Crippen LogP contribution in [-0.4, -0.2) is 60.5 Å². The topological polar surface area (TPSA) is 68.6 Å². The van der Waals surface area contributed by atoms with Gasteiger partial charge in [0.25, 0.3) is 5.91 Å². The van der Waals surface area contributed by atoms with E-state index in [0.717, 1.165) is 17.8 Å². The Kier molecular flexibility index (Phi) is 6.27. The van der Waals surface area contributed by atoms with Gasteiger partial charge in [-0.3, -0.25) is 9.48 Å². The zero-order chi connectivity index (χ0) is 21.1. The molecule has 0 spiro atoms. The number of hydrogen-bond acceptors (Lipinski definition) is 5. The first-order chi connectivity index (χ1) is 14.6. The Hall–Kier alpha value is -2.54. The first-order valence-corrected chi connectivity index (χ1v) is 10.9. The number of fused-ring (bicyclic) bond motifs is 1. The number of nitrogens with one attached hydrogen (secondary N) is 1. The summed E-state index contributed by atoms with van der Waals surface area (Å²) in [5.74, 6) is 1.78. The predicted molar refractivity (Wildman–Crippen MR) is 116 cm³/mol. The fourth-order valence-corrected chi connectivity index (χ4v) is 4.95. The second-order valence-electron chi connectivity index (χ2n) is 8.32. The molecule has 7 nitrogen and oxygen atoms in total. The number of aryl methyl sites for hydroxylation is 1. The van der Waals surface area contributed by atoms with Gasteiger partial charge in [-0.05, 0) is 69.0 Å². The monoisotopic (exact) mass is 412 g/mol. The number of rotatable bonds is 6. The molecular formula is C23H32N4O3. The van der Waals surface area contributed by atoms with Crippen molar-refractivity contribution in [2.45, 2.75) is 38.1 Å². The number of benzene rings is 1. The van der Waals surface area contributed by atoms with Gasteiger partial charge in [-0.1, -0.05) is 6.42 Å². The Labute approximate surface area is 178 Å². The van der Waals surface area contributed by atoms with Crippen molar-refractivity contribution in [3.05, 3.63) is 30.0 Å². The summed E-state index contributed by atoms with van der Waals surface area (Å²) in [6.07, 6.45) is 6.30. The fraction of sp³-hybridized carbons (Fsp3) is 0.565. The van der Waals surface area contributed by atoms with Crippen LogP contribution in [0.3, 0.4) is 0 Å². The van der Waals surface area contributed by atoms with E-state index in [-0.39, 0.29) is 5.91 Å². The van der Waals surface area contributed by atoms with E-state index < -0.39 is 0 Å². The number of hydrogen-bond donors (Lipinski definition) is 1. The zero-order valence-corrected chi connectivity index (χ0v) is 18.2. The highest BCUT2D eigenvalue weighted by Crippen LogP contribution is 2.32. The van der Waals surface area contributed by atoms with Crippen molar-refractivity contribution in [2.24, 2.45) is 13.0 Å². The second-order valence-corrected chi connectivity index (χ2v) is 8.32. The molecule has 0 unspecified atom stereocenters. The van der Waals surface area contributed by atoms with Crippen molar-refractivity contribution in [2.75, 3.05) is 33.9 Å². The minimum absolute atomic E-state index is 0.0651. The van der Waals surface area contributed by atoms with Gasteiger partial charge in [-0.15, -0.1) is 0 Å². The summed E-state index contributed by atoms with van der Waals surface area (Å²) in [6.45, 7) is 3.16. The highest BCUT2D eigenvalue weighted by atomic mass is 16.5. The molecule has 0 radical (unpaired) electrons. The standard InChI is InChI=1S/C23H32N4O3/c1-26-20(14-18(25-26)16-9-10-21(29-2)22(13-16)30-3)23(28)24-15-17-7-6-12-27-11-5-4-8-19(17)27/h9-10,13-14,17,19H,4-8,11-12,15H2,1-3H3,(H,24,28)/t17-,19+/m0/s1. The van der Waals surface area contributed by atoms with Gasteiger partial charge in [0.2, 0.25) is 0 Å². The van der Waals surface area contributed by atoms with Crippen LogP contribution in [0.25, 0.3) is 11.3 Å². The Balaban J connectivity index is 1.44. The van der Waals surface area contributed by atoms with E-state index in [1.165, 1.54) is 45.2 Å². The molecule has 2 fully saturated rings. The average Bonchev–Trinajstić information content (AvgIpc) is 3.18. The molecule has 2 aliphatic heterocycles. The van der Waals surface area contributed by atoms with Gasteiger partial charge in [0.05, 0.1) is 19.9 Å². The molecule has 1 amide bonds. The van der Waals surface area contributed by atoms with Gasteiger partial charge in [-0.25, -0.2) is 0 Å². The molecule has 1 N–H and O–H groups in total. The fourth-order valence-electron chi connectivity index (χ4n) is 4.95. The van der Waals surface area contributed by atoms with Crippen LogP contribution in [-0.2, 0) is 7.05 Å². The van der Waals surface area contributed by atoms with E-state index in [1.807, 2.05) is 31.3 Å². The molecule has 2 aromatic rings. The molecule has 162 valence electrons. The van der Waals surface area contributed by atoms with Crippen LogP contribution in [0, 0.1) is 5.92 Å².